The van der Waals surface area contributed by atoms with E-state index in [9.17, 15) is 9.59 Å². The molecule has 1 rings (SSSR count). The molecule has 1 heterocycles. The van der Waals surface area contributed by atoms with Gasteiger partial charge in [0.1, 0.15) is 12.2 Å². The Labute approximate surface area is 148 Å². The lowest BCUT2D eigenvalue weighted by atomic mass is 9.93. The largest absolute Gasteiger partial charge is 0.461 e. The molecule has 0 aliphatic rings. The summed E-state index contributed by atoms with van der Waals surface area (Å²) >= 11 is 0. The highest BCUT2D eigenvalue weighted by Crippen LogP contribution is 2.26. The summed E-state index contributed by atoms with van der Waals surface area (Å²) in [5.41, 5.74) is 4.83. The molecule has 0 saturated carbocycles. The number of nitrogens with two attached hydrogens (primary N) is 1. The van der Waals surface area contributed by atoms with Gasteiger partial charge in [-0.05, 0) is 18.9 Å². The lowest BCUT2D eigenvalue weighted by Gasteiger charge is -2.32. The van der Waals surface area contributed by atoms with Crippen molar-refractivity contribution in [3.05, 3.63) is 18.5 Å². The predicted octanol–water partition coefficient (Wildman–Crippen LogP) is 2.72. The molecule has 0 atom stereocenters. The van der Waals surface area contributed by atoms with Crippen LogP contribution in [0, 0.1) is 5.92 Å². The summed E-state index contributed by atoms with van der Waals surface area (Å²) in [5, 5.41) is 3.90. The van der Waals surface area contributed by atoms with Crippen molar-refractivity contribution in [2.75, 3.05) is 6.61 Å². The van der Waals surface area contributed by atoms with Gasteiger partial charge in [0, 0.05) is 12.4 Å². The Morgan fingerprint density at radius 2 is 1.92 bits per heavy atom. The smallest absolute Gasteiger partial charge is 0.437 e. The van der Waals surface area contributed by atoms with E-state index >= 15 is 0 Å². The zero-order chi connectivity index (χ0) is 18.9. The van der Waals surface area contributed by atoms with E-state index in [2.05, 4.69) is 10.1 Å². The Balaban J connectivity index is 2.88. The Morgan fingerprint density at radius 1 is 1.28 bits per heavy atom. The topological polar surface area (TPSA) is 109 Å². The highest BCUT2D eigenvalue weighted by molar-refractivity contribution is 5.90. The van der Waals surface area contributed by atoms with Crippen molar-refractivity contribution in [1.29, 1.82) is 0 Å². The highest BCUT2D eigenvalue weighted by Gasteiger charge is 2.35. The van der Waals surface area contributed by atoms with Gasteiger partial charge >= 0.3 is 12.1 Å². The lowest BCUT2D eigenvalue weighted by molar-refractivity contribution is -0.156. The van der Waals surface area contributed by atoms with Crippen LogP contribution in [0.2, 0.25) is 0 Å². The van der Waals surface area contributed by atoms with Crippen molar-refractivity contribution >= 4 is 18.0 Å². The second kappa shape index (κ2) is 9.80. The van der Waals surface area contributed by atoms with Gasteiger partial charge in [0.15, 0.2) is 0 Å². The number of rotatable bonds is 8. The SMILES string of the molecule is CCCC(CCC)(COC(=O)C(C)C)OC(=O)/N=C(/N)n1cccn1. The first kappa shape index (κ1) is 20.7. The summed E-state index contributed by atoms with van der Waals surface area (Å²) in [6.07, 6.45) is 4.94. The van der Waals surface area contributed by atoms with Gasteiger partial charge in [-0.1, -0.05) is 40.5 Å². The highest BCUT2D eigenvalue weighted by atomic mass is 16.6. The number of hydrogen-bond donors (Lipinski definition) is 1. The maximum Gasteiger partial charge on any atom is 0.437 e. The quantitative estimate of drug-likeness (QED) is 0.438. The minimum atomic E-state index is -0.904. The Bertz CT molecular complexity index is 575. The molecule has 0 aliphatic carbocycles. The zero-order valence-electron chi connectivity index (χ0n) is 15.4. The molecule has 0 unspecified atom stereocenters. The number of amides is 1. The van der Waals surface area contributed by atoms with Crippen molar-refractivity contribution < 1.29 is 19.1 Å². The molecule has 0 aromatic carbocycles. The van der Waals surface area contributed by atoms with E-state index in [4.69, 9.17) is 15.2 Å². The van der Waals surface area contributed by atoms with Crippen molar-refractivity contribution in [3.8, 4) is 0 Å². The molecule has 1 amide bonds. The second-order valence-electron chi connectivity index (χ2n) is 6.23. The maximum atomic E-state index is 12.2. The summed E-state index contributed by atoms with van der Waals surface area (Å²) in [6, 6.07) is 1.66. The molecular formula is C17H28N4O4. The van der Waals surface area contributed by atoms with Crippen LogP contribution < -0.4 is 5.73 Å². The summed E-state index contributed by atoms with van der Waals surface area (Å²) in [5.74, 6) is -0.659. The number of hydrogen-bond acceptors (Lipinski definition) is 5. The van der Waals surface area contributed by atoms with Gasteiger partial charge in [-0.25, -0.2) is 9.48 Å². The molecule has 140 valence electrons. The van der Waals surface area contributed by atoms with Crippen LogP contribution in [0.1, 0.15) is 53.4 Å². The van der Waals surface area contributed by atoms with Gasteiger partial charge < -0.3 is 15.2 Å². The first-order chi connectivity index (χ1) is 11.8. The van der Waals surface area contributed by atoms with Crippen LogP contribution in [0.25, 0.3) is 0 Å². The van der Waals surface area contributed by atoms with Crippen LogP contribution in [-0.2, 0) is 14.3 Å². The van der Waals surface area contributed by atoms with Crippen LogP contribution in [0.3, 0.4) is 0 Å². The summed E-state index contributed by atoms with van der Waals surface area (Å²) in [4.78, 5) is 27.7. The Kier molecular flexibility index (Phi) is 8.10. The third kappa shape index (κ3) is 6.56. The maximum absolute atomic E-state index is 12.2. The Hall–Kier alpha value is -2.38. The van der Waals surface area contributed by atoms with E-state index in [0.29, 0.717) is 12.8 Å². The molecule has 2 N–H and O–H groups in total. The zero-order valence-corrected chi connectivity index (χ0v) is 15.4. The molecule has 25 heavy (non-hydrogen) atoms. The van der Waals surface area contributed by atoms with E-state index < -0.39 is 11.7 Å². The molecule has 8 nitrogen and oxygen atoms in total. The number of aliphatic imine (C=N–C) groups is 1. The third-order valence-corrected chi connectivity index (χ3v) is 3.61. The average molecular weight is 352 g/mol. The van der Waals surface area contributed by atoms with Crippen molar-refractivity contribution in [3.63, 3.8) is 0 Å². The first-order valence-electron chi connectivity index (χ1n) is 8.57. The number of ether oxygens (including phenoxy) is 2. The summed E-state index contributed by atoms with van der Waals surface area (Å²) < 4.78 is 12.2. The van der Waals surface area contributed by atoms with Crippen LogP contribution in [0.15, 0.2) is 23.5 Å². The number of carbonyl (C=O) groups is 2. The molecule has 0 saturated heterocycles. The first-order valence-corrected chi connectivity index (χ1v) is 8.57. The number of aromatic nitrogens is 2. The fourth-order valence-electron chi connectivity index (χ4n) is 2.44. The standard InChI is InChI=1S/C17H28N4O4/c1-5-8-17(9-6-2,12-24-14(22)13(3)4)25-16(23)20-15(18)21-11-7-10-19-21/h7,10-11,13H,5-6,8-9,12H2,1-4H3,(H2,18,20,23). The molecule has 1 aromatic heterocycles. The molecule has 0 fully saturated rings. The van der Waals surface area contributed by atoms with Crippen LogP contribution in [0.4, 0.5) is 4.79 Å². The Morgan fingerprint density at radius 3 is 2.40 bits per heavy atom. The van der Waals surface area contributed by atoms with Crippen LogP contribution in [-0.4, -0.2) is 40.0 Å². The number of esters is 1. The predicted molar refractivity (Wildman–Crippen MR) is 94.1 cm³/mol. The van der Waals surface area contributed by atoms with E-state index in [1.165, 1.54) is 10.9 Å². The number of nitrogens with zero attached hydrogens (tertiary/aromatic N) is 3. The molecule has 0 radical (unpaired) electrons. The van der Waals surface area contributed by atoms with Gasteiger partial charge in [0.25, 0.3) is 0 Å². The normalized spacial score (nSPS) is 12.3. The monoisotopic (exact) mass is 352 g/mol. The van der Waals surface area contributed by atoms with Crippen molar-refractivity contribution in [2.45, 2.75) is 59.0 Å². The molecule has 8 heteroatoms. The van der Waals surface area contributed by atoms with E-state index in [1.54, 1.807) is 26.1 Å². The van der Waals surface area contributed by atoms with Crippen LogP contribution >= 0.6 is 0 Å². The van der Waals surface area contributed by atoms with Crippen molar-refractivity contribution in [1.82, 2.24) is 9.78 Å². The molecular weight excluding hydrogens is 324 g/mol. The van der Waals surface area contributed by atoms with Crippen molar-refractivity contribution in [2.24, 2.45) is 16.6 Å². The third-order valence-electron chi connectivity index (χ3n) is 3.61. The second-order valence-corrected chi connectivity index (χ2v) is 6.23. The lowest BCUT2D eigenvalue weighted by Crippen LogP contribution is -2.41. The number of carbonyl (C=O) groups excluding carboxylic acids is 2. The molecule has 0 bridgehead atoms. The van der Waals surface area contributed by atoms with E-state index in [-0.39, 0.29) is 24.5 Å². The van der Waals surface area contributed by atoms with Gasteiger partial charge in [-0.2, -0.15) is 5.10 Å². The molecule has 0 aliphatic heterocycles. The minimum absolute atomic E-state index is 0.00856. The van der Waals surface area contributed by atoms with Gasteiger partial charge in [0.05, 0.1) is 5.92 Å². The van der Waals surface area contributed by atoms with E-state index in [0.717, 1.165) is 12.8 Å². The molecule has 1 aromatic rings. The summed E-state index contributed by atoms with van der Waals surface area (Å²) in [6.45, 7) is 7.47. The summed E-state index contributed by atoms with van der Waals surface area (Å²) in [7, 11) is 0. The minimum Gasteiger partial charge on any atom is -0.461 e. The fraction of sp³-hybridized carbons (Fsp3) is 0.647. The fourth-order valence-corrected chi connectivity index (χ4v) is 2.44. The average Bonchev–Trinajstić information content (AvgIpc) is 3.07. The van der Waals surface area contributed by atoms with Crippen LogP contribution in [0.5, 0.6) is 0 Å². The van der Waals surface area contributed by atoms with E-state index in [1.807, 2.05) is 13.8 Å². The van der Waals surface area contributed by atoms with Gasteiger partial charge in [-0.3, -0.25) is 4.79 Å². The van der Waals surface area contributed by atoms with Gasteiger partial charge in [-0.15, -0.1) is 4.99 Å². The molecule has 0 spiro atoms. The van der Waals surface area contributed by atoms with Gasteiger partial charge in [0.2, 0.25) is 5.96 Å².